The molecule has 1 rings (SSSR count). The number of thioether (sulfide) groups is 1. The third-order valence-corrected chi connectivity index (χ3v) is 4.67. The standard InChI is InChI=1S/C10H14INO2S2/c11-9-6-8(7-16-9)10(14)12-2-5-15-4-1-3-13/h6-7,13H,1-5H2,(H,12,14). The van der Waals surface area contributed by atoms with Crippen LogP contribution in [0.5, 0.6) is 0 Å². The van der Waals surface area contributed by atoms with Gasteiger partial charge in [-0.3, -0.25) is 4.79 Å². The van der Waals surface area contributed by atoms with Gasteiger partial charge in [-0.2, -0.15) is 11.8 Å². The fourth-order valence-corrected chi connectivity index (χ4v) is 3.15. The molecule has 3 nitrogen and oxygen atoms in total. The van der Waals surface area contributed by atoms with E-state index >= 15 is 0 Å². The van der Waals surface area contributed by atoms with E-state index in [4.69, 9.17) is 5.11 Å². The lowest BCUT2D eigenvalue weighted by atomic mass is 10.3. The Labute approximate surface area is 117 Å². The lowest BCUT2D eigenvalue weighted by molar-refractivity contribution is 0.0956. The number of hydrogen-bond acceptors (Lipinski definition) is 4. The number of amides is 1. The van der Waals surface area contributed by atoms with Crippen LogP contribution in [0.25, 0.3) is 0 Å². The molecule has 16 heavy (non-hydrogen) atoms. The maximum absolute atomic E-state index is 11.6. The molecule has 0 aliphatic carbocycles. The molecule has 0 aliphatic rings. The van der Waals surface area contributed by atoms with E-state index in [0.717, 1.165) is 26.4 Å². The number of hydrogen-bond donors (Lipinski definition) is 2. The van der Waals surface area contributed by atoms with Crippen LogP contribution in [-0.2, 0) is 0 Å². The molecular formula is C10H14INO2S2. The van der Waals surface area contributed by atoms with Crippen LogP contribution in [0, 0.1) is 2.88 Å². The van der Waals surface area contributed by atoms with Gasteiger partial charge in [-0.1, -0.05) is 0 Å². The number of halogens is 1. The van der Waals surface area contributed by atoms with E-state index in [2.05, 4.69) is 27.9 Å². The zero-order valence-electron chi connectivity index (χ0n) is 8.74. The molecule has 2 N–H and O–H groups in total. The fraction of sp³-hybridized carbons (Fsp3) is 0.500. The molecule has 0 fully saturated rings. The van der Waals surface area contributed by atoms with Crippen molar-refractivity contribution in [1.29, 1.82) is 0 Å². The van der Waals surface area contributed by atoms with Gasteiger partial charge in [-0.05, 0) is 40.8 Å². The highest BCUT2D eigenvalue weighted by Gasteiger charge is 2.06. The molecule has 0 saturated heterocycles. The maximum atomic E-state index is 11.6. The Bertz CT molecular complexity index is 330. The van der Waals surface area contributed by atoms with Gasteiger partial charge >= 0.3 is 0 Å². The normalized spacial score (nSPS) is 10.4. The Hall–Kier alpha value is 0.210. The zero-order valence-corrected chi connectivity index (χ0v) is 12.5. The van der Waals surface area contributed by atoms with E-state index in [1.165, 1.54) is 0 Å². The first-order chi connectivity index (χ1) is 7.74. The number of aliphatic hydroxyl groups excluding tert-OH is 1. The van der Waals surface area contributed by atoms with Crippen LogP contribution in [-0.4, -0.2) is 35.7 Å². The van der Waals surface area contributed by atoms with E-state index in [1.54, 1.807) is 23.1 Å². The van der Waals surface area contributed by atoms with Crippen molar-refractivity contribution in [1.82, 2.24) is 5.32 Å². The van der Waals surface area contributed by atoms with Gasteiger partial charge in [0.25, 0.3) is 5.91 Å². The predicted molar refractivity (Wildman–Crippen MR) is 78.4 cm³/mol. The second kappa shape index (κ2) is 8.32. The number of rotatable bonds is 7. The summed E-state index contributed by atoms with van der Waals surface area (Å²) in [5.74, 6) is 1.84. The molecule has 0 radical (unpaired) electrons. The van der Waals surface area contributed by atoms with Gasteiger partial charge < -0.3 is 10.4 Å². The molecule has 0 spiro atoms. The number of thiophene rings is 1. The molecule has 0 atom stereocenters. The molecule has 6 heteroatoms. The van der Waals surface area contributed by atoms with E-state index in [0.29, 0.717) is 6.54 Å². The lowest BCUT2D eigenvalue weighted by Crippen LogP contribution is -2.25. The highest BCUT2D eigenvalue weighted by molar-refractivity contribution is 14.1. The SMILES string of the molecule is O=C(NCCSCCCO)c1csc(I)c1. The predicted octanol–water partition coefficient (Wildman–Crippen LogP) is 2.20. The lowest BCUT2D eigenvalue weighted by Gasteiger charge is -2.03. The summed E-state index contributed by atoms with van der Waals surface area (Å²) in [6.45, 7) is 0.925. The first-order valence-electron chi connectivity index (χ1n) is 4.95. The summed E-state index contributed by atoms with van der Waals surface area (Å²) in [6, 6.07) is 1.89. The van der Waals surface area contributed by atoms with E-state index in [1.807, 2.05) is 11.4 Å². The molecule has 0 aliphatic heterocycles. The van der Waals surface area contributed by atoms with Crippen LogP contribution in [0.3, 0.4) is 0 Å². The van der Waals surface area contributed by atoms with Crippen molar-refractivity contribution in [2.75, 3.05) is 24.7 Å². The molecule has 1 amide bonds. The average Bonchev–Trinajstić information content (AvgIpc) is 2.70. The monoisotopic (exact) mass is 371 g/mol. The van der Waals surface area contributed by atoms with Crippen molar-refractivity contribution in [3.63, 3.8) is 0 Å². The first kappa shape index (κ1) is 14.3. The molecule has 1 aromatic rings. The molecule has 0 saturated carbocycles. The Morgan fingerprint density at radius 1 is 1.56 bits per heavy atom. The first-order valence-corrected chi connectivity index (χ1v) is 8.06. The van der Waals surface area contributed by atoms with Gasteiger partial charge in [0, 0.05) is 24.3 Å². The summed E-state index contributed by atoms with van der Waals surface area (Å²) >= 11 is 5.53. The van der Waals surface area contributed by atoms with Gasteiger partial charge in [0.15, 0.2) is 0 Å². The molecule has 1 aromatic heterocycles. The minimum atomic E-state index is 0.00178. The van der Waals surface area contributed by atoms with Crippen LogP contribution in [0.1, 0.15) is 16.8 Å². The third-order valence-electron chi connectivity index (χ3n) is 1.81. The Morgan fingerprint density at radius 3 is 3.00 bits per heavy atom. The molecule has 90 valence electrons. The fourth-order valence-electron chi connectivity index (χ4n) is 1.04. The second-order valence-corrected chi connectivity index (χ2v) is 7.12. The summed E-state index contributed by atoms with van der Waals surface area (Å²) in [4.78, 5) is 11.6. The summed E-state index contributed by atoms with van der Waals surface area (Å²) in [5, 5.41) is 13.3. The zero-order chi connectivity index (χ0) is 11.8. The van der Waals surface area contributed by atoms with Crippen molar-refractivity contribution < 1.29 is 9.90 Å². The van der Waals surface area contributed by atoms with Crippen LogP contribution < -0.4 is 5.32 Å². The summed E-state index contributed by atoms with van der Waals surface area (Å²) in [5.41, 5.74) is 0.745. The van der Waals surface area contributed by atoms with Crippen LogP contribution in [0.2, 0.25) is 0 Å². The number of nitrogens with one attached hydrogen (secondary N) is 1. The molecule has 0 unspecified atom stereocenters. The van der Waals surface area contributed by atoms with E-state index in [9.17, 15) is 4.79 Å². The highest BCUT2D eigenvalue weighted by Crippen LogP contribution is 2.16. The molecule has 0 bridgehead atoms. The number of carbonyl (C=O) groups excluding carboxylic acids is 1. The Kier molecular flexibility index (Phi) is 7.42. The van der Waals surface area contributed by atoms with Crippen molar-refractivity contribution in [2.24, 2.45) is 0 Å². The summed E-state index contributed by atoms with van der Waals surface area (Å²) < 4.78 is 1.13. The average molecular weight is 371 g/mol. The largest absolute Gasteiger partial charge is 0.396 e. The quantitative estimate of drug-likeness (QED) is 0.571. The van der Waals surface area contributed by atoms with E-state index < -0.39 is 0 Å². The topological polar surface area (TPSA) is 49.3 Å². The third kappa shape index (κ3) is 5.51. The summed E-state index contributed by atoms with van der Waals surface area (Å²) in [7, 11) is 0. The Balaban J connectivity index is 2.11. The van der Waals surface area contributed by atoms with Gasteiger partial charge in [-0.15, -0.1) is 11.3 Å². The maximum Gasteiger partial charge on any atom is 0.252 e. The summed E-state index contributed by atoms with van der Waals surface area (Å²) in [6.07, 6.45) is 0.821. The second-order valence-electron chi connectivity index (χ2n) is 3.08. The van der Waals surface area contributed by atoms with Crippen molar-refractivity contribution in [2.45, 2.75) is 6.42 Å². The number of aliphatic hydroxyl groups is 1. The van der Waals surface area contributed by atoms with Gasteiger partial charge in [0.05, 0.1) is 8.45 Å². The molecule has 1 heterocycles. The van der Waals surface area contributed by atoms with Crippen LogP contribution in [0.15, 0.2) is 11.4 Å². The van der Waals surface area contributed by atoms with Gasteiger partial charge in [-0.25, -0.2) is 0 Å². The van der Waals surface area contributed by atoms with Crippen molar-refractivity contribution in [3.05, 3.63) is 19.9 Å². The number of carbonyl (C=O) groups is 1. The minimum Gasteiger partial charge on any atom is -0.396 e. The van der Waals surface area contributed by atoms with Crippen LogP contribution >= 0.6 is 45.7 Å². The van der Waals surface area contributed by atoms with Gasteiger partial charge in [0.1, 0.15) is 0 Å². The smallest absolute Gasteiger partial charge is 0.252 e. The highest BCUT2D eigenvalue weighted by atomic mass is 127. The van der Waals surface area contributed by atoms with Gasteiger partial charge in [0.2, 0.25) is 0 Å². The van der Waals surface area contributed by atoms with Crippen molar-refractivity contribution >= 4 is 51.6 Å². The Morgan fingerprint density at radius 2 is 2.38 bits per heavy atom. The minimum absolute atomic E-state index is 0.00178. The van der Waals surface area contributed by atoms with Crippen molar-refractivity contribution in [3.8, 4) is 0 Å². The van der Waals surface area contributed by atoms with E-state index in [-0.39, 0.29) is 12.5 Å². The molecule has 0 aromatic carbocycles. The van der Waals surface area contributed by atoms with Crippen LogP contribution in [0.4, 0.5) is 0 Å². The molecular weight excluding hydrogens is 357 g/mol.